The monoisotopic (exact) mass is 357 g/mol. The SMILES string of the molecule is CC.CC.CNc1ccc(Nc2ccc(NC(=O)CC(C)=O)cc2)cc1. The van der Waals surface area contributed by atoms with Crippen LogP contribution in [0.15, 0.2) is 48.5 Å². The van der Waals surface area contributed by atoms with Crippen LogP contribution in [0.1, 0.15) is 41.0 Å². The largest absolute Gasteiger partial charge is 0.388 e. The zero-order valence-corrected chi connectivity index (χ0v) is 16.6. The first kappa shape index (κ1) is 23.2. The molecule has 142 valence electrons. The third-order valence-corrected chi connectivity index (χ3v) is 3.04. The van der Waals surface area contributed by atoms with E-state index < -0.39 is 0 Å². The van der Waals surface area contributed by atoms with Crippen LogP contribution in [0.25, 0.3) is 0 Å². The van der Waals surface area contributed by atoms with E-state index in [2.05, 4.69) is 16.0 Å². The highest BCUT2D eigenvalue weighted by Gasteiger charge is 2.05. The van der Waals surface area contributed by atoms with Crippen molar-refractivity contribution in [1.82, 2.24) is 0 Å². The molecule has 0 fully saturated rings. The van der Waals surface area contributed by atoms with Gasteiger partial charge < -0.3 is 16.0 Å². The first-order valence-electron chi connectivity index (χ1n) is 9.01. The molecule has 1 amide bonds. The van der Waals surface area contributed by atoms with Crippen LogP contribution in [-0.2, 0) is 9.59 Å². The van der Waals surface area contributed by atoms with Gasteiger partial charge in [-0.3, -0.25) is 9.59 Å². The lowest BCUT2D eigenvalue weighted by atomic mass is 10.2. The van der Waals surface area contributed by atoms with Gasteiger partial charge in [0.15, 0.2) is 0 Å². The first-order chi connectivity index (χ1) is 12.6. The predicted octanol–water partition coefficient (Wildman–Crippen LogP) is 5.44. The molecular formula is C21H31N3O2. The third-order valence-electron chi connectivity index (χ3n) is 3.04. The average molecular weight is 357 g/mol. The Bertz CT molecular complexity index is 650. The summed E-state index contributed by atoms with van der Waals surface area (Å²) in [5.41, 5.74) is 3.62. The van der Waals surface area contributed by atoms with Crippen LogP contribution in [0.3, 0.4) is 0 Å². The highest BCUT2D eigenvalue weighted by molar-refractivity contribution is 6.03. The Balaban J connectivity index is 0.00000146. The van der Waals surface area contributed by atoms with E-state index in [0.29, 0.717) is 5.69 Å². The number of nitrogens with one attached hydrogen (secondary N) is 3. The van der Waals surface area contributed by atoms with Crippen LogP contribution in [0, 0.1) is 0 Å². The quantitative estimate of drug-likeness (QED) is 0.602. The Labute approximate surface area is 157 Å². The van der Waals surface area contributed by atoms with E-state index in [1.165, 1.54) is 6.92 Å². The van der Waals surface area contributed by atoms with Gasteiger partial charge in [0, 0.05) is 29.8 Å². The lowest BCUT2D eigenvalue weighted by Crippen LogP contribution is -2.14. The number of carbonyl (C=O) groups excluding carboxylic acids is 2. The summed E-state index contributed by atoms with van der Waals surface area (Å²) in [5.74, 6) is -0.448. The van der Waals surface area contributed by atoms with Gasteiger partial charge in [-0.05, 0) is 55.5 Å². The van der Waals surface area contributed by atoms with Gasteiger partial charge in [-0.1, -0.05) is 27.7 Å². The van der Waals surface area contributed by atoms with Crippen molar-refractivity contribution in [3.05, 3.63) is 48.5 Å². The summed E-state index contributed by atoms with van der Waals surface area (Å²) in [4.78, 5) is 22.4. The van der Waals surface area contributed by atoms with Gasteiger partial charge in [0.05, 0.1) is 6.42 Å². The van der Waals surface area contributed by atoms with Crippen molar-refractivity contribution in [2.45, 2.75) is 41.0 Å². The van der Waals surface area contributed by atoms with Crippen LogP contribution in [0.5, 0.6) is 0 Å². The van der Waals surface area contributed by atoms with Gasteiger partial charge >= 0.3 is 0 Å². The van der Waals surface area contributed by atoms with Gasteiger partial charge in [-0.2, -0.15) is 0 Å². The lowest BCUT2D eigenvalue weighted by Gasteiger charge is -2.09. The minimum atomic E-state index is -0.295. The number of carbonyl (C=O) groups is 2. The zero-order chi connectivity index (χ0) is 19.9. The zero-order valence-electron chi connectivity index (χ0n) is 16.6. The van der Waals surface area contributed by atoms with Crippen LogP contribution in [0.2, 0.25) is 0 Å². The fraction of sp³-hybridized carbons (Fsp3) is 0.333. The summed E-state index contributed by atoms with van der Waals surface area (Å²) in [7, 11) is 1.88. The van der Waals surface area contributed by atoms with E-state index in [0.717, 1.165) is 17.1 Å². The van der Waals surface area contributed by atoms with E-state index in [-0.39, 0.29) is 18.1 Å². The molecule has 2 aromatic carbocycles. The van der Waals surface area contributed by atoms with E-state index in [9.17, 15) is 9.59 Å². The fourth-order valence-electron chi connectivity index (χ4n) is 1.96. The molecule has 0 radical (unpaired) electrons. The van der Waals surface area contributed by atoms with E-state index in [1.807, 2.05) is 71.1 Å². The molecule has 3 N–H and O–H groups in total. The molecule has 0 bridgehead atoms. The molecule has 0 atom stereocenters. The molecule has 0 saturated carbocycles. The van der Waals surface area contributed by atoms with Gasteiger partial charge in [-0.15, -0.1) is 0 Å². The molecule has 0 aliphatic carbocycles. The van der Waals surface area contributed by atoms with Gasteiger partial charge in [0.1, 0.15) is 5.78 Å². The molecule has 5 heteroatoms. The predicted molar refractivity (Wildman–Crippen MR) is 112 cm³/mol. The Morgan fingerprint density at radius 2 is 1.12 bits per heavy atom. The Morgan fingerprint density at radius 3 is 1.50 bits per heavy atom. The summed E-state index contributed by atoms with van der Waals surface area (Å²) in [5, 5.41) is 9.02. The average Bonchev–Trinajstić information content (AvgIpc) is 2.66. The minimum absolute atomic E-state index is 0.0994. The molecular weight excluding hydrogens is 326 g/mol. The molecule has 0 aliphatic heterocycles. The molecule has 5 nitrogen and oxygen atoms in total. The van der Waals surface area contributed by atoms with E-state index >= 15 is 0 Å². The minimum Gasteiger partial charge on any atom is -0.388 e. The molecule has 0 aromatic heterocycles. The molecule has 0 aliphatic rings. The molecule has 0 unspecified atom stereocenters. The van der Waals surface area contributed by atoms with Gasteiger partial charge in [0.2, 0.25) is 5.91 Å². The van der Waals surface area contributed by atoms with Crippen molar-refractivity contribution in [3.63, 3.8) is 0 Å². The van der Waals surface area contributed by atoms with Crippen molar-refractivity contribution in [2.24, 2.45) is 0 Å². The van der Waals surface area contributed by atoms with Crippen LogP contribution < -0.4 is 16.0 Å². The standard InChI is InChI=1S/C17H19N3O2.2C2H6/c1-12(21)11-17(22)20-16-9-7-15(8-10-16)19-14-5-3-13(18-2)4-6-14;2*1-2/h3-10,18-19H,11H2,1-2H3,(H,20,22);2*1-2H3. The van der Waals surface area contributed by atoms with Crippen molar-refractivity contribution in [3.8, 4) is 0 Å². The number of benzene rings is 2. The molecule has 0 heterocycles. The summed E-state index contributed by atoms with van der Waals surface area (Å²) in [6.07, 6.45) is -0.0994. The maximum absolute atomic E-state index is 11.5. The Hall–Kier alpha value is -2.82. The molecule has 2 rings (SSSR count). The van der Waals surface area contributed by atoms with Crippen molar-refractivity contribution in [1.29, 1.82) is 0 Å². The fourth-order valence-corrected chi connectivity index (χ4v) is 1.96. The first-order valence-corrected chi connectivity index (χ1v) is 9.01. The lowest BCUT2D eigenvalue weighted by molar-refractivity contribution is -0.124. The molecule has 2 aromatic rings. The number of hydrogen-bond donors (Lipinski definition) is 3. The highest BCUT2D eigenvalue weighted by atomic mass is 16.2. The topological polar surface area (TPSA) is 70.2 Å². The van der Waals surface area contributed by atoms with Crippen molar-refractivity contribution < 1.29 is 9.59 Å². The van der Waals surface area contributed by atoms with Gasteiger partial charge in [-0.25, -0.2) is 0 Å². The number of Topliss-reactive ketones (excluding diaryl/α,β-unsaturated/α-hetero) is 1. The maximum atomic E-state index is 11.5. The van der Waals surface area contributed by atoms with Gasteiger partial charge in [0.25, 0.3) is 0 Å². The summed E-state index contributed by atoms with van der Waals surface area (Å²) < 4.78 is 0. The highest BCUT2D eigenvalue weighted by Crippen LogP contribution is 2.20. The van der Waals surface area contributed by atoms with E-state index in [1.54, 1.807) is 12.1 Å². The Kier molecular flexibility index (Phi) is 12.0. The molecule has 0 spiro atoms. The second-order valence-corrected chi connectivity index (χ2v) is 4.96. The molecule has 26 heavy (non-hydrogen) atoms. The number of hydrogen-bond acceptors (Lipinski definition) is 4. The smallest absolute Gasteiger partial charge is 0.231 e. The van der Waals surface area contributed by atoms with Crippen LogP contribution >= 0.6 is 0 Å². The number of rotatable bonds is 6. The van der Waals surface area contributed by atoms with Crippen LogP contribution in [0.4, 0.5) is 22.7 Å². The number of ketones is 1. The summed E-state index contributed by atoms with van der Waals surface area (Å²) in [6, 6.07) is 15.3. The molecule has 0 saturated heterocycles. The third kappa shape index (κ3) is 8.87. The summed E-state index contributed by atoms with van der Waals surface area (Å²) >= 11 is 0. The number of anilines is 4. The second-order valence-electron chi connectivity index (χ2n) is 4.96. The second kappa shape index (κ2) is 13.5. The van der Waals surface area contributed by atoms with Crippen molar-refractivity contribution >= 4 is 34.4 Å². The number of amides is 1. The normalized spacial score (nSPS) is 8.85. The maximum Gasteiger partial charge on any atom is 0.231 e. The van der Waals surface area contributed by atoms with Crippen molar-refractivity contribution in [2.75, 3.05) is 23.0 Å². The van der Waals surface area contributed by atoms with E-state index in [4.69, 9.17) is 0 Å². The van der Waals surface area contributed by atoms with Crippen LogP contribution in [-0.4, -0.2) is 18.7 Å². The summed E-state index contributed by atoms with van der Waals surface area (Å²) in [6.45, 7) is 9.39. The Morgan fingerprint density at radius 1 is 0.731 bits per heavy atom.